The number of morpholine rings is 1. The fraction of sp³-hybridized carbons (Fsp3) is 0.455. The van der Waals surface area contributed by atoms with Crippen LogP contribution in [0.4, 0.5) is 0 Å². The van der Waals surface area contributed by atoms with Crippen LogP contribution in [-0.4, -0.2) is 19.8 Å². The number of aryl methyl sites for hydroxylation is 1. The minimum Gasteiger partial charge on any atom is -0.378 e. The highest BCUT2D eigenvalue weighted by molar-refractivity contribution is 6.31. The van der Waals surface area contributed by atoms with Crippen molar-refractivity contribution in [2.75, 3.05) is 19.8 Å². The number of halogens is 1. The largest absolute Gasteiger partial charge is 0.378 e. The van der Waals surface area contributed by atoms with Crippen molar-refractivity contribution in [1.29, 1.82) is 0 Å². The second-order valence-electron chi connectivity index (χ2n) is 3.61. The second-order valence-corrected chi connectivity index (χ2v) is 4.01. The summed E-state index contributed by atoms with van der Waals surface area (Å²) in [5.41, 5.74) is 2.33. The smallest absolute Gasteiger partial charge is 0.0662 e. The van der Waals surface area contributed by atoms with Crippen molar-refractivity contribution in [3.63, 3.8) is 0 Å². The van der Waals surface area contributed by atoms with Gasteiger partial charge in [0.15, 0.2) is 0 Å². The summed E-state index contributed by atoms with van der Waals surface area (Å²) in [6.45, 7) is 4.44. The zero-order chi connectivity index (χ0) is 9.97. The maximum absolute atomic E-state index is 6.17. The van der Waals surface area contributed by atoms with E-state index in [-0.39, 0.29) is 6.04 Å². The first-order valence-corrected chi connectivity index (χ1v) is 5.22. The van der Waals surface area contributed by atoms with Crippen LogP contribution in [0, 0.1) is 6.92 Å². The maximum Gasteiger partial charge on any atom is 0.0662 e. The van der Waals surface area contributed by atoms with E-state index in [9.17, 15) is 0 Å². The summed E-state index contributed by atoms with van der Waals surface area (Å²) in [6.07, 6.45) is 0. The van der Waals surface area contributed by atoms with Gasteiger partial charge in [-0.05, 0) is 24.1 Å². The molecule has 1 aliphatic rings. The van der Waals surface area contributed by atoms with E-state index < -0.39 is 0 Å². The van der Waals surface area contributed by atoms with Crippen molar-refractivity contribution in [3.05, 3.63) is 34.3 Å². The Morgan fingerprint density at radius 3 is 3.00 bits per heavy atom. The van der Waals surface area contributed by atoms with Gasteiger partial charge in [-0.1, -0.05) is 23.7 Å². The van der Waals surface area contributed by atoms with Crippen LogP contribution >= 0.6 is 11.6 Å². The average Bonchev–Trinajstić information content (AvgIpc) is 2.19. The molecule has 1 saturated heterocycles. The monoisotopic (exact) mass is 211 g/mol. The molecule has 2 rings (SSSR count). The minimum atomic E-state index is 0.247. The first-order chi connectivity index (χ1) is 6.77. The lowest BCUT2D eigenvalue weighted by molar-refractivity contribution is 0.0769. The van der Waals surface area contributed by atoms with Crippen LogP contribution in [0.3, 0.4) is 0 Å². The number of ether oxygens (including phenoxy) is 1. The van der Waals surface area contributed by atoms with Crippen LogP contribution in [-0.2, 0) is 4.74 Å². The Bertz CT molecular complexity index is 321. The Hall–Kier alpha value is -0.570. The zero-order valence-electron chi connectivity index (χ0n) is 8.22. The molecule has 14 heavy (non-hydrogen) atoms. The summed E-state index contributed by atoms with van der Waals surface area (Å²) in [4.78, 5) is 0. The first kappa shape index (κ1) is 9.97. The van der Waals surface area contributed by atoms with E-state index in [1.807, 2.05) is 13.0 Å². The molecule has 1 aliphatic heterocycles. The molecule has 0 aromatic heterocycles. The van der Waals surface area contributed by atoms with Crippen molar-refractivity contribution in [2.45, 2.75) is 13.0 Å². The standard InChI is InChI=1S/C11H14ClNO/c1-8-2-3-9(10(12)6-8)11-7-14-5-4-13-11/h2-3,6,11,13H,4-5,7H2,1H3. The Morgan fingerprint density at radius 2 is 2.36 bits per heavy atom. The molecule has 1 unspecified atom stereocenters. The van der Waals surface area contributed by atoms with Gasteiger partial charge in [-0.2, -0.15) is 0 Å². The SMILES string of the molecule is Cc1ccc(C2COCCN2)c(Cl)c1. The number of hydrogen-bond acceptors (Lipinski definition) is 2. The molecule has 0 amide bonds. The van der Waals surface area contributed by atoms with E-state index in [1.54, 1.807) is 0 Å². The van der Waals surface area contributed by atoms with Crippen molar-refractivity contribution in [1.82, 2.24) is 5.32 Å². The molecule has 0 radical (unpaired) electrons. The fourth-order valence-corrected chi connectivity index (χ4v) is 2.05. The molecule has 1 heterocycles. The van der Waals surface area contributed by atoms with Crippen LogP contribution in [0.5, 0.6) is 0 Å². The van der Waals surface area contributed by atoms with E-state index in [0.717, 1.165) is 23.7 Å². The highest BCUT2D eigenvalue weighted by Gasteiger charge is 2.17. The van der Waals surface area contributed by atoms with Crippen molar-refractivity contribution in [3.8, 4) is 0 Å². The molecule has 1 aromatic rings. The zero-order valence-corrected chi connectivity index (χ0v) is 8.97. The highest BCUT2D eigenvalue weighted by Crippen LogP contribution is 2.25. The average molecular weight is 212 g/mol. The first-order valence-electron chi connectivity index (χ1n) is 4.84. The molecule has 76 valence electrons. The van der Waals surface area contributed by atoms with Gasteiger partial charge in [-0.25, -0.2) is 0 Å². The Balaban J connectivity index is 2.22. The molecular weight excluding hydrogens is 198 g/mol. The predicted octanol–water partition coefficient (Wildman–Crippen LogP) is 2.31. The van der Waals surface area contributed by atoms with E-state index in [0.29, 0.717) is 6.61 Å². The molecule has 1 N–H and O–H groups in total. The normalized spacial score (nSPS) is 22.3. The Morgan fingerprint density at radius 1 is 1.50 bits per heavy atom. The highest BCUT2D eigenvalue weighted by atomic mass is 35.5. The molecule has 1 atom stereocenters. The van der Waals surface area contributed by atoms with Gasteiger partial charge in [-0.3, -0.25) is 0 Å². The molecular formula is C11H14ClNO. The summed E-state index contributed by atoms with van der Waals surface area (Å²) >= 11 is 6.17. The minimum absolute atomic E-state index is 0.247. The maximum atomic E-state index is 6.17. The summed E-state index contributed by atoms with van der Waals surface area (Å²) in [5.74, 6) is 0. The molecule has 3 heteroatoms. The van der Waals surface area contributed by atoms with Crippen LogP contribution in [0.25, 0.3) is 0 Å². The van der Waals surface area contributed by atoms with Gasteiger partial charge in [0.05, 0.1) is 19.3 Å². The van der Waals surface area contributed by atoms with Crippen molar-refractivity contribution >= 4 is 11.6 Å². The van der Waals surface area contributed by atoms with Gasteiger partial charge in [0.25, 0.3) is 0 Å². The van der Waals surface area contributed by atoms with Gasteiger partial charge < -0.3 is 10.1 Å². The molecule has 2 nitrogen and oxygen atoms in total. The molecule has 0 bridgehead atoms. The quantitative estimate of drug-likeness (QED) is 0.770. The third kappa shape index (κ3) is 2.08. The molecule has 1 aromatic carbocycles. The number of rotatable bonds is 1. The predicted molar refractivity (Wildman–Crippen MR) is 57.8 cm³/mol. The van der Waals surface area contributed by atoms with E-state index in [1.165, 1.54) is 5.56 Å². The van der Waals surface area contributed by atoms with Crippen LogP contribution in [0.1, 0.15) is 17.2 Å². The van der Waals surface area contributed by atoms with Crippen LogP contribution in [0.2, 0.25) is 5.02 Å². The van der Waals surface area contributed by atoms with Crippen molar-refractivity contribution < 1.29 is 4.74 Å². The number of benzene rings is 1. The van der Waals surface area contributed by atoms with Crippen LogP contribution in [0.15, 0.2) is 18.2 Å². The van der Waals surface area contributed by atoms with E-state index in [2.05, 4.69) is 17.4 Å². The Kier molecular flexibility index (Phi) is 3.06. The third-order valence-corrected chi connectivity index (χ3v) is 2.78. The topological polar surface area (TPSA) is 21.3 Å². The lowest BCUT2D eigenvalue weighted by atomic mass is 10.1. The number of nitrogens with one attached hydrogen (secondary N) is 1. The summed E-state index contributed by atoms with van der Waals surface area (Å²) < 4.78 is 5.40. The van der Waals surface area contributed by atoms with Gasteiger partial charge in [0.2, 0.25) is 0 Å². The molecule has 0 saturated carbocycles. The van der Waals surface area contributed by atoms with Gasteiger partial charge >= 0.3 is 0 Å². The third-order valence-electron chi connectivity index (χ3n) is 2.45. The molecule has 0 aliphatic carbocycles. The van der Waals surface area contributed by atoms with Gasteiger partial charge in [-0.15, -0.1) is 0 Å². The molecule has 1 fully saturated rings. The molecule has 0 spiro atoms. The summed E-state index contributed by atoms with van der Waals surface area (Å²) in [5, 5.41) is 4.21. The summed E-state index contributed by atoms with van der Waals surface area (Å²) in [7, 11) is 0. The number of hydrogen-bond donors (Lipinski definition) is 1. The Labute approximate surface area is 89.2 Å². The van der Waals surface area contributed by atoms with E-state index >= 15 is 0 Å². The lowest BCUT2D eigenvalue weighted by Crippen LogP contribution is -2.34. The second kappa shape index (κ2) is 4.30. The van der Waals surface area contributed by atoms with Gasteiger partial charge in [0.1, 0.15) is 0 Å². The van der Waals surface area contributed by atoms with Crippen LogP contribution < -0.4 is 5.32 Å². The van der Waals surface area contributed by atoms with E-state index in [4.69, 9.17) is 16.3 Å². The van der Waals surface area contributed by atoms with Crippen molar-refractivity contribution in [2.24, 2.45) is 0 Å². The summed E-state index contributed by atoms with van der Waals surface area (Å²) in [6, 6.07) is 6.39. The fourth-order valence-electron chi connectivity index (χ4n) is 1.68. The lowest BCUT2D eigenvalue weighted by Gasteiger charge is -2.25. The van der Waals surface area contributed by atoms with Gasteiger partial charge in [0, 0.05) is 11.6 Å².